The van der Waals surface area contributed by atoms with E-state index in [1.54, 1.807) is 13.2 Å². The molecule has 1 N–H and O–H groups in total. The topological polar surface area (TPSA) is 21.3 Å². The van der Waals surface area contributed by atoms with Crippen molar-refractivity contribution in [1.82, 2.24) is 5.32 Å². The van der Waals surface area contributed by atoms with E-state index in [9.17, 15) is 13.2 Å². The van der Waals surface area contributed by atoms with E-state index >= 15 is 0 Å². The first-order chi connectivity index (χ1) is 8.36. The van der Waals surface area contributed by atoms with Crippen LogP contribution in [0.3, 0.4) is 0 Å². The second-order valence-electron chi connectivity index (χ2n) is 4.48. The van der Waals surface area contributed by atoms with E-state index < -0.39 is 17.3 Å². The average Bonchev–Trinajstić information content (AvgIpc) is 2.24. The molecule has 1 aliphatic rings. The van der Waals surface area contributed by atoms with E-state index in [0.717, 1.165) is 6.07 Å². The fraction of sp³-hybridized carbons (Fsp3) is 0.500. The van der Waals surface area contributed by atoms with Gasteiger partial charge in [0.25, 0.3) is 0 Å². The normalized spacial score (nSPS) is 18.5. The van der Waals surface area contributed by atoms with Gasteiger partial charge in [0, 0.05) is 26.6 Å². The zero-order chi connectivity index (χ0) is 13.4. The van der Waals surface area contributed by atoms with Gasteiger partial charge in [-0.15, -0.1) is 0 Å². The number of alkyl halides is 3. The Morgan fingerprint density at radius 3 is 2.50 bits per heavy atom. The highest BCUT2D eigenvalue weighted by Crippen LogP contribution is 2.36. The van der Waals surface area contributed by atoms with Crippen molar-refractivity contribution in [2.75, 3.05) is 20.2 Å². The summed E-state index contributed by atoms with van der Waals surface area (Å²) < 4.78 is 43.5. The first kappa shape index (κ1) is 13.6. The molecule has 1 aliphatic heterocycles. The lowest BCUT2D eigenvalue weighted by molar-refractivity contribution is -0.137. The summed E-state index contributed by atoms with van der Waals surface area (Å²) in [5, 5.41) is 2.78. The van der Waals surface area contributed by atoms with Gasteiger partial charge < -0.3 is 10.1 Å². The molecule has 0 aromatic heterocycles. The molecule has 0 aliphatic carbocycles. The summed E-state index contributed by atoms with van der Waals surface area (Å²) in [6.45, 7) is 1.29. The Labute approximate surface area is 108 Å². The highest BCUT2D eigenvalue weighted by molar-refractivity contribution is 6.31. The minimum absolute atomic E-state index is 0.274. The van der Waals surface area contributed by atoms with E-state index in [4.69, 9.17) is 16.3 Å². The van der Waals surface area contributed by atoms with Crippen LogP contribution in [0.4, 0.5) is 13.2 Å². The van der Waals surface area contributed by atoms with Crippen molar-refractivity contribution in [2.45, 2.75) is 18.2 Å². The van der Waals surface area contributed by atoms with Crippen molar-refractivity contribution in [3.8, 4) is 0 Å². The molecule has 2 nitrogen and oxygen atoms in total. The number of hydrogen-bond donors (Lipinski definition) is 1. The van der Waals surface area contributed by atoms with Crippen LogP contribution in [-0.2, 0) is 17.3 Å². The number of hydrogen-bond acceptors (Lipinski definition) is 2. The Morgan fingerprint density at radius 2 is 2.06 bits per heavy atom. The SMILES string of the molecule is COC1(Cc2ccc(Cl)c(C(F)(F)F)c2)CNC1. The van der Waals surface area contributed by atoms with Gasteiger partial charge in [-0.1, -0.05) is 17.7 Å². The van der Waals surface area contributed by atoms with Gasteiger partial charge >= 0.3 is 6.18 Å². The smallest absolute Gasteiger partial charge is 0.375 e. The summed E-state index contributed by atoms with van der Waals surface area (Å²) in [7, 11) is 1.57. The monoisotopic (exact) mass is 279 g/mol. The predicted octanol–water partition coefficient (Wildman–Crippen LogP) is 2.89. The Bertz CT molecular complexity index is 438. The molecule has 1 aromatic rings. The third-order valence-electron chi connectivity index (χ3n) is 3.19. The molecule has 0 saturated carbocycles. The average molecular weight is 280 g/mol. The Morgan fingerprint density at radius 1 is 1.39 bits per heavy atom. The molecule has 0 atom stereocenters. The van der Waals surface area contributed by atoms with Gasteiger partial charge in [-0.3, -0.25) is 0 Å². The summed E-state index contributed by atoms with van der Waals surface area (Å²) in [5.74, 6) is 0. The molecule has 0 amide bonds. The lowest BCUT2D eigenvalue weighted by Gasteiger charge is -2.41. The number of nitrogens with one attached hydrogen (secondary N) is 1. The van der Waals surface area contributed by atoms with Gasteiger partial charge in [-0.25, -0.2) is 0 Å². The van der Waals surface area contributed by atoms with Gasteiger partial charge in [-0.2, -0.15) is 13.2 Å². The van der Waals surface area contributed by atoms with Crippen molar-refractivity contribution >= 4 is 11.6 Å². The van der Waals surface area contributed by atoms with E-state index in [1.807, 2.05) is 0 Å². The molecule has 18 heavy (non-hydrogen) atoms. The zero-order valence-corrected chi connectivity index (χ0v) is 10.5. The maximum atomic E-state index is 12.7. The fourth-order valence-corrected chi connectivity index (χ4v) is 2.24. The van der Waals surface area contributed by atoms with Gasteiger partial charge in [-0.05, 0) is 17.7 Å². The Kier molecular flexibility index (Phi) is 3.58. The molecule has 1 saturated heterocycles. The molecule has 6 heteroatoms. The highest BCUT2D eigenvalue weighted by Gasteiger charge is 2.38. The van der Waals surface area contributed by atoms with Gasteiger partial charge in [0.2, 0.25) is 0 Å². The number of rotatable bonds is 3. The maximum Gasteiger partial charge on any atom is 0.417 e. The molecule has 100 valence electrons. The number of methoxy groups -OCH3 is 1. The first-order valence-corrected chi connectivity index (χ1v) is 5.86. The zero-order valence-electron chi connectivity index (χ0n) is 9.77. The minimum Gasteiger partial charge on any atom is -0.375 e. The van der Waals surface area contributed by atoms with Crippen molar-refractivity contribution < 1.29 is 17.9 Å². The van der Waals surface area contributed by atoms with E-state index in [0.29, 0.717) is 25.1 Å². The van der Waals surface area contributed by atoms with Crippen LogP contribution in [0.25, 0.3) is 0 Å². The van der Waals surface area contributed by atoms with Crippen molar-refractivity contribution in [1.29, 1.82) is 0 Å². The van der Waals surface area contributed by atoms with Crippen LogP contribution in [0.15, 0.2) is 18.2 Å². The van der Waals surface area contributed by atoms with E-state index in [2.05, 4.69) is 5.32 Å². The number of ether oxygens (including phenoxy) is 1. The fourth-order valence-electron chi connectivity index (χ4n) is 2.02. The van der Waals surface area contributed by atoms with Crippen LogP contribution >= 0.6 is 11.6 Å². The Balaban J connectivity index is 2.25. The predicted molar refractivity (Wildman–Crippen MR) is 62.8 cm³/mol. The van der Waals surface area contributed by atoms with E-state index in [1.165, 1.54) is 6.07 Å². The van der Waals surface area contributed by atoms with Crippen molar-refractivity contribution in [3.05, 3.63) is 34.3 Å². The second-order valence-corrected chi connectivity index (χ2v) is 4.89. The van der Waals surface area contributed by atoms with Crippen molar-refractivity contribution in [2.24, 2.45) is 0 Å². The summed E-state index contributed by atoms with van der Waals surface area (Å²) >= 11 is 5.57. The highest BCUT2D eigenvalue weighted by atomic mass is 35.5. The van der Waals surface area contributed by atoms with Crippen molar-refractivity contribution in [3.63, 3.8) is 0 Å². The second kappa shape index (κ2) is 4.72. The summed E-state index contributed by atoms with van der Waals surface area (Å²) in [5.41, 5.74) is -0.605. The first-order valence-electron chi connectivity index (χ1n) is 5.48. The van der Waals surface area contributed by atoms with Crippen LogP contribution in [0.2, 0.25) is 5.02 Å². The third kappa shape index (κ3) is 2.63. The minimum atomic E-state index is -4.43. The molecule has 1 fully saturated rings. The molecule has 1 heterocycles. The maximum absolute atomic E-state index is 12.7. The molecule has 1 aromatic carbocycles. The van der Waals surface area contributed by atoms with E-state index in [-0.39, 0.29) is 5.02 Å². The standard InChI is InChI=1S/C12H13ClF3NO/c1-18-11(6-17-7-11)5-8-2-3-10(13)9(4-8)12(14,15)16/h2-4,17H,5-7H2,1H3. The molecule has 0 unspecified atom stereocenters. The summed E-state index contributed by atoms with van der Waals surface area (Å²) in [4.78, 5) is 0. The van der Waals surface area contributed by atoms with Crippen LogP contribution in [0, 0.1) is 0 Å². The van der Waals surface area contributed by atoms with Gasteiger partial charge in [0.1, 0.15) is 0 Å². The molecule has 0 spiro atoms. The van der Waals surface area contributed by atoms with Crippen LogP contribution in [-0.4, -0.2) is 25.8 Å². The third-order valence-corrected chi connectivity index (χ3v) is 3.52. The number of benzene rings is 1. The molecule has 2 rings (SSSR count). The van der Waals surface area contributed by atoms with Crippen LogP contribution < -0.4 is 5.32 Å². The summed E-state index contributed by atoms with van der Waals surface area (Å²) in [6, 6.07) is 3.99. The van der Waals surface area contributed by atoms with Crippen LogP contribution in [0.1, 0.15) is 11.1 Å². The largest absolute Gasteiger partial charge is 0.417 e. The molecular formula is C12H13ClF3NO. The molecular weight excluding hydrogens is 267 g/mol. The summed E-state index contributed by atoms with van der Waals surface area (Å²) in [6.07, 6.45) is -3.98. The van der Waals surface area contributed by atoms with Crippen LogP contribution in [0.5, 0.6) is 0 Å². The molecule has 0 bridgehead atoms. The van der Waals surface area contributed by atoms with Gasteiger partial charge in [0.05, 0.1) is 16.2 Å². The lowest BCUT2D eigenvalue weighted by atomic mass is 9.88. The Hall–Kier alpha value is -0.780. The number of halogens is 4. The van der Waals surface area contributed by atoms with Gasteiger partial charge in [0.15, 0.2) is 0 Å². The lowest BCUT2D eigenvalue weighted by Crippen LogP contribution is -2.61. The quantitative estimate of drug-likeness (QED) is 0.919. The molecule has 0 radical (unpaired) electrons.